The number of hydrogen-bond acceptors (Lipinski definition) is 5. The SMILES string of the molecule is O=C1OCC2=C1[C@@H](c1ccccc1C(F)(F)F)c1cc3c(cc1N2)OCO3. The first-order valence-corrected chi connectivity index (χ1v) is 8.20. The number of esters is 1. The number of anilines is 1. The third-order valence-corrected chi connectivity index (χ3v) is 4.90. The molecule has 0 fully saturated rings. The lowest BCUT2D eigenvalue weighted by Crippen LogP contribution is -2.22. The Morgan fingerprint density at radius 3 is 2.52 bits per heavy atom. The Balaban J connectivity index is 1.77. The molecule has 2 aromatic carbocycles. The van der Waals surface area contributed by atoms with Crippen molar-refractivity contribution in [2.45, 2.75) is 12.1 Å². The van der Waals surface area contributed by atoms with Crippen molar-refractivity contribution in [3.8, 4) is 11.5 Å². The summed E-state index contributed by atoms with van der Waals surface area (Å²) in [6.45, 7) is 0.0317. The molecule has 138 valence electrons. The van der Waals surface area contributed by atoms with Gasteiger partial charge in [-0.15, -0.1) is 0 Å². The van der Waals surface area contributed by atoms with Gasteiger partial charge in [0.1, 0.15) is 6.61 Å². The largest absolute Gasteiger partial charge is 0.456 e. The first-order valence-electron chi connectivity index (χ1n) is 8.20. The molecule has 0 saturated heterocycles. The van der Waals surface area contributed by atoms with Crippen LogP contribution in [0, 0.1) is 0 Å². The van der Waals surface area contributed by atoms with Gasteiger partial charge in [-0.2, -0.15) is 13.2 Å². The van der Waals surface area contributed by atoms with Crippen molar-refractivity contribution < 1.29 is 32.2 Å². The minimum atomic E-state index is -4.55. The van der Waals surface area contributed by atoms with Crippen LogP contribution in [0.3, 0.4) is 0 Å². The predicted molar refractivity (Wildman–Crippen MR) is 87.5 cm³/mol. The molecule has 3 aliphatic rings. The van der Waals surface area contributed by atoms with Gasteiger partial charge in [0.2, 0.25) is 6.79 Å². The third kappa shape index (κ3) is 2.36. The number of alkyl halides is 3. The Morgan fingerprint density at radius 1 is 1.00 bits per heavy atom. The van der Waals surface area contributed by atoms with Crippen LogP contribution in [0.1, 0.15) is 22.6 Å². The maximum Gasteiger partial charge on any atom is 0.416 e. The van der Waals surface area contributed by atoms with Gasteiger partial charge in [-0.1, -0.05) is 18.2 Å². The highest BCUT2D eigenvalue weighted by molar-refractivity contribution is 5.97. The normalized spacial score (nSPS) is 20.1. The highest BCUT2D eigenvalue weighted by Crippen LogP contribution is 2.50. The summed E-state index contributed by atoms with van der Waals surface area (Å²) in [5.41, 5.74) is 0.947. The van der Waals surface area contributed by atoms with Crippen LogP contribution in [0.25, 0.3) is 0 Å². The van der Waals surface area contributed by atoms with Gasteiger partial charge in [0.05, 0.1) is 16.8 Å². The Labute approximate surface area is 151 Å². The zero-order chi connectivity index (χ0) is 18.8. The van der Waals surface area contributed by atoms with Crippen molar-refractivity contribution in [2.24, 2.45) is 0 Å². The van der Waals surface area contributed by atoms with Crippen LogP contribution >= 0.6 is 0 Å². The fraction of sp³-hybridized carbons (Fsp3) is 0.211. The van der Waals surface area contributed by atoms with Crippen molar-refractivity contribution in [1.29, 1.82) is 0 Å². The molecule has 0 aromatic heterocycles. The molecular weight excluding hydrogens is 363 g/mol. The van der Waals surface area contributed by atoms with E-state index >= 15 is 0 Å². The average Bonchev–Trinajstić information content (AvgIpc) is 3.24. The predicted octanol–water partition coefficient (Wildman–Crippen LogP) is 3.80. The molecule has 1 atom stereocenters. The number of carbonyl (C=O) groups excluding carboxylic acids is 1. The van der Waals surface area contributed by atoms with Crippen molar-refractivity contribution in [1.82, 2.24) is 0 Å². The van der Waals surface area contributed by atoms with E-state index in [1.54, 1.807) is 12.1 Å². The van der Waals surface area contributed by atoms with E-state index < -0.39 is 23.6 Å². The van der Waals surface area contributed by atoms with Gasteiger partial charge >= 0.3 is 12.1 Å². The summed E-state index contributed by atoms with van der Waals surface area (Å²) in [7, 11) is 0. The molecule has 8 heteroatoms. The molecule has 3 heterocycles. The number of ether oxygens (including phenoxy) is 3. The lowest BCUT2D eigenvalue weighted by molar-refractivity contribution is -0.139. The summed E-state index contributed by atoms with van der Waals surface area (Å²) < 4.78 is 56.8. The van der Waals surface area contributed by atoms with Crippen LogP contribution in [0.5, 0.6) is 11.5 Å². The number of halogens is 3. The highest BCUT2D eigenvalue weighted by atomic mass is 19.4. The molecule has 0 unspecified atom stereocenters. The average molecular weight is 375 g/mol. The summed E-state index contributed by atoms with van der Waals surface area (Å²) in [5.74, 6) is -0.611. The molecule has 0 radical (unpaired) electrons. The van der Waals surface area contributed by atoms with Crippen LogP contribution < -0.4 is 14.8 Å². The Bertz CT molecular complexity index is 1010. The molecule has 27 heavy (non-hydrogen) atoms. The lowest BCUT2D eigenvalue weighted by Gasteiger charge is -2.29. The van der Waals surface area contributed by atoms with E-state index in [0.29, 0.717) is 28.4 Å². The second-order valence-electron chi connectivity index (χ2n) is 6.40. The van der Waals surface area contributed by atoms with Gasteiger partial charge in [0.15, 0.2) is 11.5 Å². The molecule has 0 saturated carbocycles. The monoisotopic (exact) mass is 375 g/mol. The van der Waals surface area contributed by atoms with Crippen LogP contribution in [-0.2, 0) is 15.7 Å². The first-order chi connectivity index (χ1) is 12.9. The van der Waals surface area contributed by atoms with Crippen LogP contribution in [-0.4, -0.2) is 19.4 Å². The Kier molecular flexibility index (Phi) is 3.22. The minimum Gasteiger partial charge on any atom is -0.456 e. The first kappa shape index (κ1) is 16.0. The second-order valence-corrected chi connectivity index (χ2v) is 6.40. The van der Waals surface area contributed by atoms with E-state index in [1.165, 1.54) is 18.2 Å². The molecule has 1 N–H and O–H groups in total. The van der Waals surface area contributed by atoms with Gasteiger partial charge < -0.3 is 19.5 Å². The van der Waals surface area contributed by atoms with Crippen molar-refractivity contribution >= 4 is 11.7 Å². The number of nitrogens with one attached hydrogen (secondary N) is 1. The Hall–Kier alpha value is -3.16. The molecule has 0 bridgehead atoms. The maximum absolute atomic E-state index is 13.6. The van der Waals surface area contributed by atoms with Crippen LogP contribution in [0.15, 0.2) is 47.7 Å². The van der Waals surface area contributed by atoms with E-state index in [1.807, 2.05) is 0 Å². The number of benzene rings is 2. The van der Waals surface area contributed by atoms with E-state index in [4.69, 9.17) is 14.2 Å². The summed E-state index contributed by atoms with van der Waals surface area (Å²) in [5, 5.41) is 3.09. The number of cyclic esters (lactones) is 1. The standard InChI is InChI=1S/C19H12F3NO4/c20-19(21,22)11-4-2-1-3-9(11)16-10-5-14-15(27-8-26-14)6-12(10)23-13-7-25-18(24)17(13)16/h1-6,16,23H,7-8H2/t16-/m0/s1. The summed E-state index contributed by atoms with van der Waals surface area (Å²) in [6, 6.07) is 8.56. The van der Waals surface area contributed by atoms with Gasteiger partial charge in [-0.25, -0.2) is 4.79 Å². The number of carbonyl (C=O) groups is 1. The van der Waals surface area contributed by atoms with Gasteiger partial charge in [0, 0.05) is 17.7 Å². The van der Waals surface area contributed by atoms with Crippen LogP contribution in [0.4, 0.5) is 18.9 Å². The number of hydrogen-bond donors (Lipinski definition) is 1. The molecule has 0 aliphatic carbocycles. The zero-order valence-electron chi connectivity index (χ0n) is 13.7. The smallest absolute Gasteiger partial charge is 0.416 e. The molecule has 2 aromatic rings. The van der Waals surface area contributed by atoms with E-state index in [0.717, 1.165) is 6.07 Å². The van der Waals surface area contributed by atoms with Crippen molar-refractivity contribution in [2.75, 3.05) is 18.7 Å². The maximum atomic E-state index is 13.6. The fourth-order valence-corrected chi connectivity index (χ4v) is 3.76. The van der Waals surface area contributed by atoms with E-state index in [2.05, 4.69) is 5.32 Å². The number of rotatable bonds is 1. The fourth-order valence-electron chi connectivity index (χ4n) is 3.76. The molecule has 0 spiro atoms. The minimum absolute atomic E-state index is 0.00188. The van der Waals surface area contributed by atoms with Gasteiger partial charge in [-0.05, 0) is 23.3 Å². The van der Waals surface area contributed by atoms with Gasteiger partial charge in [0.25, 0.3) is 0 Å². The van der Waals surface area contributed by atoms with E-state index in [9.17, 15) is 18.0 Å². The molecule has 5 nitrogen and oxygen atoms in total. The molecule has 3 aliphatic heterocycles. The Morgan fingerprint density at radius 2 is 1.74 bits per heavy atom. The summed E-state index contributed by atoms with van der Waals surface area (Å²) in [4.78, 5) is 12.3. The number of fused-ring (bicyclic) bond motifs is 2. The molecule has 5 rings (SSSR count). The van der Waals surface area contributed by atoms with Crippen molar-refractivity contribution in [3.05, 3.63) is 64.4 Å². The van der Waals surface area contributed by atoms with E-state index in [-0.39, 0.29) is 24.5 Å². The molecule has 0 amide bonds. The lowest BCUT2D eigenvalue weighted by atomic mass is 9.79. The molecular formula is C19H12F3NO4. The van der Waals surface area contributed by atoms with Gasteiger partial charge in [-0.3, -0.25) is 0 Å². The van der Waals surface area contributed by atoms with Crippen LogP contribution in [0.2, 0.25) is 0 Å². The zero-order valence-corrected chi connectivity index (χ0v) is 13.7. The topological polar surface area (TPSA) is 56.8 Å². The van der Waals surface area contributed by atoms with Crippen molar-refractivity contribution in [3.63, 3.8) is 0 Å². The highest BCUT2D eigenvalue weighted by Gasteiger charge is 2.43. The summed E-state index contributed by atoms with van der Waals surface area (Å²) >= 11 is 0. The third-order valence-electron chi connectivity index (χ3n) is 4.90. The quantitative estimate of drug-likeness (QED) is 0.769. The summed E-state index contributed by atoms with van der Waals surface area (Å²) in [6.07, 6.45) is -4.55. The second kappa shape index (κ2) is 5.42.